The van der Waals surface area contributed by atoms with Gasteiger partial charge in [0.05, 0.1) is 0 Å². The third kappa shape index (κ3) is 8.10. The fourth-order valence-corrected chi connectivity index (χ4v) is 1.63. The van der Waals surface area contributed by atoms with Gasteiger partial charge in [-0.15, -0.1) is 6.58 Å². The third-order valence-electron chi connectivity index (χ3n) is 2.70. The summed E-state index contributed by atoms with van der Waals surface area (Å²) in [4.78, 5) is 0. The minimum atomic E-state index is 1.19. The van der Waals surface area contributed by atoms with E-state index in [1.54, 1.807) is 5.57 Å². The molecule has 0 spiro atoms. The van der Waals surface area contributed by atoms with Gasteiger partial charge in [-0.3, -0.25) is 0 Å². The first-order chi connectivity index (χ1) is 6.85. The SMILES string of the molecule is C=CCCCCCCC=C(CC)CC. The van der Waals surface area contributed by atoms with Crippen LogP contribution in [-0.4, -0.2) is 0 Å². The molecule has 82 valence electrons. The van der Waals surface area contributed by atoms with E-state index in [9.17, 15) is 0 Å². The van der Waals surface area contributed by atoms with Crippen LogP contribution in [0, 0.1) is 0 Å². The van der Waals surface area contributed by atoms with Crippen LogP contribution >= 0.6 is 0 Å². The van der Waals surface area contributed by atoms with Crippen LogP contribution in [0.2, 0.25) is 0 Å². The summed E-state index contributed by atoms with van der Waals surface area (Å²) in [6.45, 7) is 8.23. The molecule has 0 amide bonds. The van der Waals surface area contributed by atoms with Crippen LogP contribution in [-0.2, 0) is 0 Å². The van der Waals surface area contributed by atoms with E-state index in [1.165, 1.54) is 51.4 Å². The van der Waals surface area contributed by atoms with Crippen molar-refractivity contribution in [2.75, 3.05) is 0 Å². The first-order valence-electron chi connectivity index (χ1n) is 6.13. The van der Waals surface area contributed by atoms with E-state index in [1.807, 2.05) is 6.08 Å². The van der Waals surface area contributed by atoms with Crippen LogP contribution in [0.4, 0.5) is 0 Å². The Bertz CT molecular complexity index is 147. The average molecular weight is 194 g/mol. The lowest BCUT2D eigenvalue weighted by Crippen LogP contribution is -1.80. The van der Waals surface area contributed by atoms with Gasteiger partial charge < -0.3 is 0 Å². The third-order valence-corrected chi connectivity index (χ3v) is 2.70. The summed E-state index contributed by atoms with van der Waals surface area (Å²) in [5.74, 6) is 0. The zero-order valence-corrected chi connectivity index (χ0v) is 10.0. The second-order valence-electron chi connectivity index (χ2n) is 3.85. The average Bonchev–Trinajstić information content (AvgIpc) is 2.22. The summed E-state index contributed by atoms with van der Waals surface area (Å²) in [7, 11) is 0. The maximum absolute atomic E-state index is 3.73. The van der Waals surface area contributed by atoms with Gasteiger partial charge in [-0.05, 0) is 38.5 Å². The summed E-state index contributed by atoms with van der Waals surface area (Å²) in [5.41, 5.74) is 1.62. The molecule has 0 nitrogen and oxygen atoms in total. The predicted octanol–water partition coefficient (Wildman–Crippen LogP) is 5.26. The maximum Gasteiger partial charge on any atom is -0.0348 e. The van der Waals surface area contributed by atoms with Gasteiger partial charge in [0, 0.05) is 0 Å². The number of rotatable bonds is 9. The van der Waals surface area contributed by atoms with Gasteiger partial charge in [-0.1, -0.05) is 44.4 Å². The maximum atomic E-state index is 3.73. The molecule has 0 rings (SSSR count). The van der Waals surface area contributed by atoms with Crippen molar-refractivity contribution in [2.24, 2.45) is 0 Å². The summed E-state index contributed by atoms with van der Waals surface area (Å²) >= 11 is 0. The lowest BCUT2D eigenvalue weighted by Gasteiger charge is -2.00. The van der Waals surface area contributed by atoms with E-state index < -0.39 is 0 Å². The molecule has 14 heavy (non-hydrogen) atoms. The molecular weight excluding hydrogens is 168 g/mol. The van der Waals surface area contributed by atoms with E-state index in [4.69, 9.17) is 0 Å². The van der Waals surface area contributed by atoms with Gasteiger partial charge in [0.15, 0.2) is 0 Å². The quantitative estimate of drug-likeness (QED) is 0.347. The Hall–Kier alpha value is -0.520. The second-order valence-corrected chi connectivity index (χ2v) is 3.85. The Morgan fingerprint density at radius 3 is 2.00 bits per heavy atom. The topological polar surface area (TPSA) is 0 Å². The minimum absolute atomic E-state index is 1.19. The van der Waals surface area contributed by atoms with Gasteiger partial charge in [-0.2, -0.15) is 0 Å². The van der Waals surface area contributed by atoms with E-state index in [-0.39, 0.29) is 0 Å². The number of allylic oxidation sites excluding steroid dienone is 3. The molecule has 0 saturated heterocycles. The van der Waals surface area contributed by atoms with Gasteiger partial charge in [-0.25, -0.2) is 0 Å². The van der Waals surface area contributed by atoms with Crippen molar-refractivity contribution >= 4 is 0 Å². The molecule has 0 radical (unpaired) electrons. The fourth-order valence-electron chi connectivity index (χ4n) is 1.63. The van der Waals surface area contributed by atoms with Crippen molar-refractivity contribution in [3.63, 3.8) is 0 Å². The first-order valence-corrected chi connectivity index (χ1v) is 6.13. The van der Waals surface area contributed by atoms with Crippen LogP contribution in [0.25, 0.3) is 0 Å². The molecule has 0 unspecified atom stereocenters. The van der Waals surface area contributed by atoms with E-state index >= 15 is 0 Å². The predicted molar refractivity (Wildman–Crippen MR) is 66.6 cm³/mol. The molecule has 0 aliphatic rings. The molecule has 0 aromatic rings. The smallest absolute Gasteiger partial charge is 0.0348 e. The Labute approximate surface area is 90.1 Å². The molecule has 0 saturated carbocycles. The van der Waals surface area contributed by atoms with Crippen LogP contribution < -0.4 is 0 Å². The minimum Gasteiger partial charge on any atom is -0.103 e. The molecule has 0 heterocycles. The number of unbranched alkanes of at least 4 members (excludes halogenated alkanes) is 5. The molecule has 0 aromatic carbocycles. The Morgan fingerprint density at radius 1 is 0.929 bits per heavy atom. The Morgan fingerprint density at radius 2 is 1.50 bits per heavy atom. The zero-order chi connectivity index (χ0) is 10.6. The van der Waals surface area contributed by atoms with Gasteiger partial charge >= 0.3 is 0 Å². The number of hydrogen-bond acceptors (Lipinski definition) is 0. The van der Waals surface area contributed by atoms with E-state index in [2.05, 4.69) is 26.5 Å². The summed E-state index contributed by atoms with van der Waals surface area (Å²) < 4.78 is 0. The highest BCUT2D eigenvalue weighted by Gasteiger charge is 1.90. The van der Waals surface area contributed by atoms with Crippen molar-refractivity contribution in [1.82, 2.24) is 0 Å². The highest BCUT2D eigenvalue weighted by atomic mass is 14.0. The molecule has 0 aromatic heterocycles. The standard InChI is InChI=1S/C14H26/c1-4-7-8-9-10-11-12-13-14(5-2)6-3/h4,13H,1,5-12H2,2-3H3. The largest absolute Gasteiger partial charge is 0.103 e. The van der Waals surface area contributed by atoms with Crippen molar-refractivity contribution in [2.45, 2.75) is 65.2 Å². The molecule has 0 heteroatoms. The lowest BCUT2D eigenvalue weighted by molar-refractivity contribution is 0.650. The lowest BCUT2D eigenvalue weighted by atomic mass is 10.1. The highest BCUT2D eigenvalue weighted by Crippen LogP contribution is 2.10. The van der Waals surface area contributed by atoms with Crippen molar-refractivity contribution < 1.29 is 0 Å². The van der Waals surface area contributed by atoms with Gasteiger partial charge in [0.1, 0.15) is 0 Å². The molecule has 0 atom stereocenters. The summed E-state index contributed by atoms with van der Waals surface area (Å²) in [5, 5.41) is 0. The van der Waals surface area contributed by atoms with Crippen molar-refractivity contribution in [3.05, 3.63) is 24.3 Å². The molecular formula is C14H26. The highest BCUT2D eigenvalue weighted by molar-refractivity contribution is 4.99. The molecule has 0 bridgehead atoms. The van der Waals surface area contributed by atoms with E-state index in [0.717, 1.165) is 0 Å². The van der Waals surface area contributed by atoms with Gasteiger partial charge in [0.2, 0.25) is 0 Å². The van der Waals surface area contributed by atoms with Crippen LogP contribution in [0.15, 0.2) is 24.3 Å². The fraction of sp³-hybridized carbons (Fsp3) is 0.714. The normalized spacial score (nSPS) is 9.86. The summed E-state index contributed by atoms with van der Waals surface area (Å²) in [6, 6.07) is 0. The monoisotopic (exact) mass is 194 g/mol. The molecule has 0 N–H and O–H groups in total. The molecule has 0 fully saturated rings. The molecule has 0 aliphatic heterocycles. The van der Waals surface area contributed by atoms with Gasteiger partial charge in [0.25, 0.3) is 0 Å². The molecule has 0 aliphatic carbocycles. The van der Waals surface area contributed by atoms with Crippen molar-refractivity contribution in [3.8, 4) is 0 Å². The number of hydrogen-bond donors (Lipinski definition) is 0. The van der Waals surface area contributed by atoms with Crippen molar-refractivity contribution in [1.29, 1.82) is 0 Å². The van der Waals surface area contributed by atoms with Crippen LogP contribution in [0.1, 0.15) is 65.2 Å². The first kappa shape index (κ1) is 13.5. The van der Waals surface area contributed by atoms with E-state index in [0.29, 0.717) is 0 Å². The zero-order valence-electron chi connectivity index (χ0n) is 10.0. The second kappa shape index (κ2) is 10.6. The Balaban J connectivity index is 3.27. The van der Waals surface area contributed by atoms with Crippen LogP contribution in [0.3, 0.4) is 0 Å². The Kier molecular flexibility index (Phi) is 10.2. The summed E-state index contributed by atoms with van der Waals surface area (Å²) in [6.07, 6.45) is 14.8. The van der Waals surface area contributed by atoms with Crippen LogP contribution in [0.5, 0.6) is 0 Å².